The van der Waals surface area contributed by atoms with Crippen LogP contribution in [0.2, 0.25) is 0 Å². The van der Waals surface area contributed by atoms with E-state index in [1.165, 1.54) is 25.9 Å². The summed E-state index contributed by atoms with van der Waals surface area (Å²) in [7, 11) is 0. The topological polar surface area (TPSA) is 58.4 Å². The van der Waals surface area contributed by atoms with Gasteiger partial charge in [-0.1, -0.05) is 0 Å². The van der Waals surface area contributed by atoms with Crippen molar-refractivity contribution in [3.63, 3.8) is 0 Å². The van der Waals surface area contributed by atoms with Gasteiger partial charge >= 0.3 is 0 Å². The second-order valence-corrected chi connectivity index (χ2v) is 5.21. The molecule has 0 radical (unpaired) electrons. The number of nitrogens with two attached hydrogens (primary N) is 1. The molecule has 0 unspecified atom stereocenters. The Kier molecular flexibility index (Phi) is 4.18. The Bertz CT molecular complexity index is 230. The third-order valence-corrected chi connectivity index (χ3v) is 3.84. The van der Waals surface area contributed by atoms with Crippen molar-refractivity contribution in [2.75, 3.05) is 26.2 Å². The average molecular weight is 225 g/mol. The molecular weight excluding hydrogens is 202 g/mol. The van der Waals surface area contributed by atoms with E-state index in [1.807, 2.05) is 0 Å². The number of rotatable bonds is 4. The Labute approximate surface area is 97.6 Å². The predicted octanol–water partition coefficient (Wildman–Crippen LogP) is 0.326. The molecule has 0 aliphatic carbocycles. The van der Waals surface area contributed by atoms with E-state index < -0.39 is 0 Å². The summed E-state index contributed by atoms with van der Waals surface area (Å²) in [6, 6.07) is 0.702. The van der Waals surface area contributed by atoms with Gasteiger partial charge in [0.15, 0.2) is 0 Å². The highest BCUT2D eigenvalue weighted by atomic mass is 16.1. The first-order chi connectivity index (χ1) is 7.74. The zero-order chi connectivity index (χ0) is 11.4. The number of hydrogen-bond donors (Lipinski definition) is 2. The molecule has 16 heavy (non-hydrogen) atoms. The van der Waals surface area contributed by atoms with Gasteiger partial charge in [0.25, 0.3) is 0 Å². The lowest BCUT2D eigenvalue weighted by molar-refractivity contribution is -0.119. The molecule has 3 N–H and O–H groups in total. The fraction of sp³-hybridized carbons (Fsp3) is 0.917. The maximum Gasteiger partial charge on any atom is 0.217 e. The van der Waals surface area contributed by atoms with Gasteiger partial charge in [0.2, 0.25) is 5.91 Å². The third-order valence-electron chi connectivity index (χ3n) is 3.84. The molecule has 2 heterocycles. The van der Waals surface area contributed by atoms with E-state index in [2.05, 4.69) is 10.2 Å². The Morgan fingerprint density at radius 2 is 2.06 bits per heavy atom. The fourth-order valence-electron chi connectivity index (χ4n) is 2.88. The number of piperidine rings is 1. The number of likely N-dealkylation sites (tertiary alicyclic amines) is 1. The lowest BCUT2D eigenvalue weighted by Gasteiger charge is -2.33. The van der Waals surface area contributed by atoms with Crippen LogP contribution in [0.3, 0.4) is 0 Å². The van der Waals surface area contributed by atoms with Crippen LogP contribution in [0, 0.1) is 5.92 Å². The van der Waals surface area contributed by atoms with Gasteiger partial charge in [0, 0.05) is 19.0 Å². The molecule has 0 saturated carbocycles. The molecule has 0 aromatic carbocycles. The molecule has 2 aliphatic heterocycles. The number of nitrogens with zero attached hydrogens (tertiary/aromatic N) is 1. The van der Waals surface area contributed by atoms with E-state index >= 15 is 0 Å². The molecular formula is C12H23N3O. The molecule has 2 fully saturated rings. The Balaban J connectivity index is 1.66. The Morgan fingerprint density at radius 3 is 2.62 bits per heavy atom. The highest BCUT2D eigenvalue weighted by Crippen LogP contribution is 2.20. The largest absolute Gasteiger partial charge is 0.370 e. The minimum atomic E-state index is -0.143. The number of nitrogens with one attached hydrogen (secondary N) is 1. The molecule has 0 spiro atoms. The smallest absolute Gasteiger partial charge is 0.217 e. The van der Waals surface area contributed by atoms with E-state index in [0.717, 1.165) is 25.9 Å². The van der Waals surface area contributed by atoms with Crippen molar-refractivity contribution in [1.82, 2.24) is 10.2 Å². The van der Waals surface area contributed by atoms with E-state index in [1.54, 1.807) is 0 Å². The number of carbonyl (C=O) groups excluding carboxylic acids is 1. The van der Waals surface area contributed by atoms with Crippen LogP contribution < -0.4 is 11.1 Å². The van der Waals surface area contributed by atoms with Gasteiger partial charge in [0.1, 0.15) is 0 Å². The zero-order valence-corrected chi connectivity index (χ0v) is 9.95. The zero-order valence-electron chi connectivity index (χ0n) is 9.95. The summed E-state index contributed by atoms with van der Waals surface area (Å²) >= 11 is 0. The standard InChI is InChI=1S/C12H23N3O/c13-12(16)8-10-3-6-15(7-4-10)9-11-2-1-5-14-11/h10-11,14H,1-9H2,(H2,13,16)/t11-/m0/s1. The number of primary amides is 1. The third kappa shape index (κ3) is 3.46. The van der Waals surface area contributed by atoms with Crippen LogP contribution in [-0.2, 0) is 4.79 Å². The summed E-state index contributed by atoms with van der Waals surface area (Å²) in [6.45, 7) is 4.64. The summed E-state index contributed by atoms with van der Waals surface area (Å²) < 4.78 is 0. The van der Waals surface area contributed by atoms with Gasteiger partial charge in [-0.2, -0.15) is 0 Å². The summed E-state index contributed by atoms with van der Waals surface area (Å²) in [5.41, 5.74) is 5.23. The number of hydrogen-bond acceptors (Lipinski definition) is 3. The van der Waals surface area contributed by atoms with Gasteiger partial charge in [-0.05, 0) is 51.2 Å². The normalized spacial score (nSPS) is 28.4. The van der Waals surface area contributed by atoms with Gasteiger partial charge < -0.3 is 16.0 Å². The minimum Gasteiger partial charge on any atom is -0.370 e. The van der Waals surface area contributed by atoms with Crippen molar-refractivity contribution >= 4 is 5.91 Å². The second-order valence-electron chi connectivity index (χ2n) is 5.21. The molecule has 92 valence electrons. The molecule has 2 saturated heterocycles. The van der Waals surface area contributed by atoms with Crippen molar-refractivity contribution in [2.45, 2.75) is 38.1 Å². The maximum atomic E-state index is 10.8. The molecule has 1 atom stereocenters. The quantitative estimate of drug-likeness (QED) is 0.725. The van der Waals surface area contributed by atoms with E-state index in [9.17, 15) is 4.79 Å². The first kappa shape index (κ1) is 11.9. The van der Waals surface area contributed by atoms with Crippen LogP contribution in [0.25, 0.3) is 0 Å². The first-order valence-corrected chi connectivity index (χ1v) is 6.48. The van der Waals surface area contributed by atoms with Crippen molar-refractivity contribution in [3.8, 4) is 0 Å². The highest BCUT2D eigenvalue weighted by Gasteiger charge is 2.23. The SMILES string of the molecule is NC(=O)CC1CCN(C[C@@H]2CCCN2)CC1. The summed E-state index contributed by atoms with van der Waals surface area (Å²) in [5, 5.41) is 3.53. The molecule has 4 heteroatoms. The average Bonchev–Trinajstić information content (AvgIpc) is 2.73. The molecule has 4 nitrogen and oxygen atoms in total. The Morgan fingerprint density at radius 1 is 1.31 bits per heavy atom. The monoisotopic (exact) mass is 225 g/mol. The van der Waals surface area contributed by atoms with Gasteiger partial charge in [0.05, 0.1) is 0 Å². The lowest BCUT2D eigenvalue weighted by Crippen LogP contribution is -2.42. The number of carbonyl (C=O) groups is 1. The molecule has 0 bridgehead atoms. The Hall–Kier alpha value is -0.610. The van der Waals surface area contributed by atoms with E-state index in [4.69, 9.17) is 5.73 Å². The molecule has 1 amide bonds. The molecule has 0 aromatic rings. The highest BCUT2D eigenvalue weighted by molar-refractivity contribution is 5.73. The summed E-state index contributed by atoms with van der Waals surface area (Å²) in [6.07, 6.45) is 5.49. The van der Waals surface area contributed by atoms with Crippen molar-refractivity contribution in [1.29, 1.82) is 0 Å². The van der Waals surface area contributed by atoms with Gasteiger partial charge in [-0.25, -0.2) is 0 Å². The first-order valence-electron chi connectivity index (χ1n) is 6.48. The lowest BCUT2D eigenvalue weighted by atomic mass is 9.93. The summed E-state index contributed by atoms with van der Waals surface area (Å²) in [5.74, 6) is 0.390. The van der Waals surface area contributed by atoms with Crippen LogP contribution in [-0.4, -0.2) is 43.0 Å². The van der Waals surface area contributed by atoms with Gasteiger partial charge in [-0.3, -0.25) is 4.79 Å². The van der Waals surface area contributed by atoms with E-state index in [0.29, 0.717) is 18.4 Å². The minimum absolute atomic E-state index is 0.143. The fourth-order valence-corrected chi connectivity index (χ4v) is 2.88. The van der Waals surface area contributed by atoms with Crippen LogP contribution in [0.1, 0.15) is 32.1 Å². The summed E-state index contributed by atoms with van der Waals surface area (Å²) in [4.78, 5) is 13.4. The second kappa shape index (κ2) is 5.64. The van der Waals surface area contributed by atoms with E-state index in [-0.39, 0.29) is 5.91 Å². The van der Waals surface area contributed by atoms with Crippen LogP contribution in [0.4, 0.5) is 0 Å². The molecule has 2 aliphatic rings. The van der Waals surface area contributed by atoms with Crippen molar-refractivity contribution in [2.24, 2.45) is 11.7 Å². The maximum absolute atomic E-state index is 10.8. The number of amides is 1. The molecule has 2 rings (SSSR count). The van der Waals surface area contributed by atoms with Crippen LogP contribution in [0.5, 0.6) is 0 Å². The van der Waals surface area contributed by atoms with Gasteiger partial charge in [-0.15, -0.1) is 0 Å². The van der Waals surface area contributed by atoms with Crippen LogP contribution >= 0.6 is 0 Å². The molecule has 0 aromatic heterocycles. The van der Waals surface area contributed by atoms with Crippen molar-refractivity contribution in [3.05, 3.63) is 0 Å². The van der Waals surface area contributed by atoms with Crippen LogP contribution in [0.15, 0.2) is 0 Å². The van der Waals surface area contributed by atoms with Crippen molar-refractivity contribution < 1.29 is 4.79 Å². The predicted molar refractivity (Wildman–Crippen MR) is 64.0 cm³/mol.